The van der Waals surface area contributed by atoms with Crippen molar-refractivity contribution in [1.29, 1.82) is 0 Å². The van der Waals surface area contributed by atoms with E-state index in [1.807, 2.05) is 36.2 Å². The van der Waals surface area contributed by atoms with Gasteiger partial charge in [0.1, 0.15) is 16.1 Å². The maximum absolute atomic E-state index is 15.5. The van der Waals surface area contributed by atoms with Crippen molar-refractivity contribution in [3.05, 3.63) is 75.7 Å². The zero-order chi connectivity index (χ0) is 25.0. The van der Waals surface area contributed by atoms with Crippen LogP contribution in [0, 0.1) is 12.7 Å². The molecular formula is C26H23FN6O2S. The van der Waals surface area contributed by atoms with Gasteiger partial charge < -0.3 is 9.80 Å². The van der Waals surface area contributed by atoms with Crippen LogP contribution in [0.5, 0.6) is 0 Å². The summed E-state index contributed by atoms with van der Waals surface area (Å²) in [5.41, 5.74) is 1.26. The van der Waals surface area contributed by atoms with Gasteiger partial charge in [-0.15, -0.1) is 11.3 Å². The number of hydrogen-bond acceptors (Lipinski definition) is 8. The molecule has 0 N–H and O–H groups in total. The normalized spacial score (nSPS) is 15.1. The number of rotatable bonds is 3. The van der Waals surface area contributed by atoms with Gasteiger partial charge in [0.2, 0.25) is 11.2 Å². The highest BCUT2D eigenvalue weighted by Crippen LogP contribution is 2.33. The topological polar surface area (TPSA) is 83.7 Å². The molecule has 0 atom stereocenters. The molecule has 8 nitrogen and oxygen atoms in total. The summed E-state index contributed by atoms with van der Waals surface area (Å²) < 4.78 is 18.2. The molecule has 5 aromatic rings. The molecule has 6 rings (SSSR count). The van der Waals surface area contributed by atoms with E-state index in [0.29, 0.717) is 29.3 Å². The monoisotopic (exact) mass is 502 g/mol. The number of aryl methyl sites for hydroxylation is 1. The molecule has 0 radical (unpaired) electrons. The number of benzene rings is 1. The number of thiazole rings is 1. The lowest BCUT2D eigenvalue weighted by atomic mass is 10.1. The Kier molecular flexibility index (Phi) is 5.50. The minimum atomic E-state index is -0.572. The van der Waals surface area contributed by atoms with E-state index >= 15 is 4.39 Å². The summed E-state index contributed by atoms with van der Waals surface area (Å²) in [5.74, 6) is -0.889. The highest BCUT2D eigenvalue weighted by atomic mass is 32.1. The molecule has 10 heteroatoms. The van der Waals surface area contributed by atoms with Crippen LogP contribution in [0.4, 0.5) is 10.2 Å². The van der Waals surface area contributed by atoms with Gasteiger partial charge in [-0.2, -0.15) is 0 Å². The second kappa shape index (κ2) is 8.72. The van der Waals surface area contributed by atoms with Gasteiger partial charge in [0.25, 0.3) is 0 Å². The predicted molar refractivity (Wildman–Crippen MR) is 139 cm³/mol. The molecule has 0 spiro atoms. The number of halogens is 1. The van der Waals surface area contributed by atoms with Crippen LogP contribution in [-0.4, -0.2) is 63.3 Å². The average molecular weight is 503 g/mol. The minimum Gasteiger partial charge on any atom is -0.353 e. The molecular weight excluding hydrogens is 479 g/mol. The van der Waals surface area contributed by atoms with E-state index in [9.17, 15) is 9.59 Å². The third-order valence-electron chi connectivity index (χ3n) is 6.61. The van der Waals surface area contributed by atoms with Crippen molar-refractivity contribution in [3.63, 3.8) is 0 Å². The molecule has 4 aromatic heterocycles. The lowest BCUT2D eigenvalue weighted by Gasteiger charge is -2.22. The first-order valence-corrected chi connectivity index (χ1v) is 12.6. The number of carbonyl (C=O) groups is 1. The second-order valence-electron chi connectivity index (χ2n) is 9.10. The quantitative estimate of drug-likeness (QED) is 0.348. The Morgan fingerprint density at radius 1 is 1.08 bits per heavy atom. The third kappa shape index (κ3) is 3.64. The average Bonchev–Trinajstić information content (AvgIpc) is 3.12. The molecule has 36 heavy (non-hydrogen) atoms. The van der Waals surface area contributed by atoms with Crippen molar-refractivity contribution < 1.29 is 9.18 Å². The molecule has 0 unspecified atom stereocenters. The van der Waals surface area contributed by atoms with E-state index in [1.54, 1.807) is 11.3 Å². The summed E-state index contributed by atoms with van der Waals surface area (Å²) in [6.07, 6.45) is 3.74. The fourth-order valence-electron chi connectivity index (χ4n) is 4.72. The van der Waals surface area contributed by atoms with Crippen LogP contribution in [0.3, 0.4) is 0 Å². The first kappa shape index (κ1) is 22.7. The molecule has 1 saturated heterocycles. The third-order valence-corrected chi connectivity index (χ3v) is 7.76. The standard InChI is InChI=1S/C26H23FN6O2S/c1-15-13-29-18(14-28-15)23(35)21-22(34)16-12-17(27)25(32-9-5-8-31(2)10-11-32)30-24(16)33-19-6-3-4-7-20(19)36-26(21)33/h3-4,6-7,12-14H,5,8-11H2,1-2H3. The van der Waals surface area contributed by atoms with Crippen molar-refractivity contribution in [3.8, 4) is 0 Å². The number of aromatic nitrogens is 4. The van der Waals surface area contributed by atoms with E-state index in [1.165, 1.54) is 29.8 Å². The zero-order valence-corrected chi connectivity index (χ0v) is 20.7. The molecule has 0 saturated carbocycles. The van der Waals surface area contributed by atoms with Gasteiger partial charge in [0.05, 0.1) is 27.5 Å². The van der Waals surface area contributed by atoms with Crippen LogP contribution in [0.2, 0.25) is 0 Å². The molecule has 0 amide bonds. The highest BCUT2D eigenvalue weighted by molar-refractivity contribution is 7.24. The summed E-state index contributed by atoms with van der Waals surface area (Å²) in [7, 11) is 2.05. The van der Waals surface area contributed by atoms with E-state index in [-0.39, 0.29) is 22.5 Å². The van der Waals surface area contributed by atoms with Crippen LogP contribution >= 0.6 is 11.3 Å². The Labute approximate surface area is 209 Å². The van der Waals surface area contributed by atoms with Gasteiger partial charge in [-0.3, -0.25) is 19.0 Å². The molecule has 1 fully saturated rings. The number of pyridine rings is 2. The van der Waals surface area contributed by atoms with Crippen molar-refractivity contribution >= 4 is 49.0 Å². The lowest BCUT2D eigenvalue weighted by Crippen LogP contribution is -2.30. The first-order chi connectivity index (χ1) is 17.4. The molecule has 1 aromatic carbocycles. The lowest BCUT2D eigenvalue weighted by molar-refractivity contribution is 0.103. The largest absolute Gasteiger partial charge is 0.353 e. The Balaban J connectivity index is 1.66. The fourth-order valence-corrected chi connectivity index (χ4v) is 5.90. The Morgan fingerprint density at radius 3 is 2.72 bits per heavy atom. The predicted octanol–water partition coefficient (Wildman–Crippen LogP) is 3.67. The number of anilines is 1. The Hall–Kier alpha value is -3.76. The summed E-state index contributed by atoms with van der Waals surface area (Å²) >= 11 is 1.33. The number of fused-ring (bicyclic) bond motifs is 5. The Bertz CT molecular complexity index is 1710. The van der Waals surface area contributed by atoms with E-state index in [4.69, 9.17) is 4.98 Å². The second-order valence-corrected chi connectivity index (χ2v) is 10.1. The van der Waals surface area contributed by atoms with Gasteiger partial charge in [0.15, 0.2) is 17.3 Å². The summed E-state index contributed by atoms with van der Waals surface area (Å²) in [5, 5.41) is 0.0627. The molecule has 5 heterocycles. The Morgan fingerprint density at radius 2 is 1.92 bits per heavy atom. The summed E-state index contributed by atoms with van der Waals surface area (Å²) in [6.45, 7) is 4.80. The number of ketones is 1. The van der Waals surface area contributed by atoms with Crippen molar-refractivity contribution in [2.45, 2.75) is 13.3 Å². The van der Waals surface area contributed by atoms with Gasteiger partial charge in [-0.1, -0.05) is 12.1 Å². The van der Waals surface area contributed by atoms with Gasteiger partial charge in [-0.05, 0) is 45.1 Å². The fraction of sp³-hybridized carbons (Fsp3) is 0.269. The van der Waals surface area contributed by atoms with Crippen molar-refractivity contribution in [2.75, 3.05) is 38.1 Å². The van der Waals surface area contributed by atoms with Crippen LogP contribution in [-0.2, 0) is 0 Å². The molecule has 0 aliphatic carbocycles. The van der Waals surface area contributed by atoms with E-state index < -0.39 is 17.0 Å². The van der Waals surface area contributed by atoms with Crippen LogP contribution in [0.15, 0.2) is 47.5 Å². The van der Waals surface area contributed by atoms with Crippen molar-refractivity contribution in [1.82, 2.24) is 24.3 Å². The van der Waals surface area contributed by atoms with Gasteiger partial charge in [0, 0.05) is 25.8 Å². The zero-order valence-electron chi connectivity index (χ0n) is 19.9. The summed E-state index contributed by atoms with van der Waals surface area (Å²) in [6, 6.07) is 8.86. The van der Waals surface area contributed by atoms with Gasteiger partial charge >= 0.3 is 0 Å². The molecule has 0 bridgehead atoms. The van der Waals surface area contributed by atoms with E-state index in [0.717, 1.165) is 29.7 Å². The number of nitrogens with zero attached hydrogens (tertiary/aromatic N) is 6. The highest BCUT2D eigenvalue weighted by Gasteiger charge is 2.27. The van der Waals surface area contributed by atoms with Crippen LogP contribution in [0.1, 0.15) is 28.2 Å². The van der Waals surface area contributed by atoms with Crippen LogP contribution < -0.4 is 10.3 Å². The summed E-state index contributed by atoms with van der Waals surface area (Å²) in [4.78, 5) is 45.0. The maximum Gasteiger partial charge on any atom is 0.219 e. The van der Waals surface area contributed by atoms with E-state index in [2.05, 4.69) is 14.9 Å². The number of likely N-dealkylation sites (N-methyl/N-ethyl adjacent to an activating group) is 1. The van der Waals surface area contributed by atoms with Crippen LogP contribution in [0.25, 0.3) is 26.1 Å². The smallest absolute Gasteiger partial charge is 0.219 e. The van der Waals surface area contributed by atoms with Gasteiger partial charge in [-0.25, -0.2) is 14.4 Å². The first-order valence-electron chi connectivity index (χ1n) is 11.8. The molecule has 1 aliphatic heterocycles. The maximum atomic E-state index is 15.5. The number of hydrogen-bond donors (Lipinski definition) is 0. The molecule has 1 aliphatic rings. The number of para-hydroxylation sites is 1. The SMILES string of the molecule is Cc1cnc(C(=O)c2c(=O)c3cc(F)c(N4CCCN(C)CC4)nc3n3c2sc2ccccc23)cn1. The number of carbonyl (C=O) groups excluding carboxylic acids is 1. The van der Waals surface area contributed by atoms with Crippen molar-refractivity contribution in [2.24, 2.45) is 0 Å². The minimum absolute atomic E-state index is 0.0489. The molecule has 182 valence electrons.